The second kappa shape index (κ2) is 7.00. The Morgan fingerprint density at radius 2 is 2.26 bits per heavy atom. The zero-order chi connectivity index (χ0) is 18.3. The van der Waals surface area contributed by atoms with E-state index in [-0.39, 0.29) is 11.8 Å². The number of ether oxygens (including phenoxy) is 1. The van der Waals surface area contributed by atoms with E-state index in [1.807, 2.05) is 12.3 Å². The lowest BCUT2D eigenvalue weighted by Gasteiger charge is -2.42. The largest absolute Gasteiger partial charge is 0.361 e. The number of nitrogens with zero attached hydrogens (tertiary/aromatic N) is 3. The summed E-state index contributed by atoms with van der Waals surface area (Å²) < 4.78 is 6.33. The first-order valence-electron chi connectivity index (χ1n) is 9.81. The van der Waals surface area contributed by atoms with Crippen molar-refractivity contribution in [3.05, 3.63) is 52.5 Å². The lowest BCUT2D eigenvalue weighted by atomic mass is 9.83. The molecular formula is C21H25N3O2S. The minimum Gasteiger partial charge on any atom is -0.361 e. The number of pyridine rings is 1. The molecule has 0 N–H and O–H groups in total. The number of hydrogen-bond donors (Lipinski definition) is 0. The van der Waals surface area contributed by atoms with Crippen LogP contribution in [0.5, 0.6) is 0 Å². The highest BCUT2D eigenvalue weighted by molar-refractivity contribution is 7.07. The van der Waals surface area contributed by atoms with E-state index in [2.05, 4.69) is 37.7 Å². The van der Waals surface area contributed by atoms with Gasteiger partial charge in [-0.15, -0.1) is 0 Å². The fourth-order valence-electron chi connectivity index (χ4n) is 4.55. The molecule has 27 heavy (non-hydrogen) atoms. The molecule has 5 rings (SSSR count). The Balaban J connectivity index is 1.45. The molecule has 6 heteroatoms. The number of rotatable bonds is 5. The summed E-state index contributed by atoms with van der Waals surface area (Å²) in [5.41, 5.74) is 1.64. The molecular weight excluding hydrogens is 358 g/mol. The van der Waals surface area contributed by atoms with Gasteiger partial charge in [0.1, 0.15) is 0 Å². The third kappa shape index (κ3) is 3.30. The van der Waals surface area contributed by atoms with Gasteiger partial charge in [0.05, 0.1) is 6.61 Å². The topological polar surface area (TPSA) is 45.7 Å². The molecule has 2 aromatic heterocycles. The SMILES string of the molecule is O=C1N(CC2CC2)CCO[C@@]12CN(Cc1ccsc1)C[C@@H]2c1cccnc1. The predicted molar refractivity (Wildman–Crippen MR) is 105 cm³/mol. The van der Waals surface area contributed by atoms with Crippen molar-refractivity contribution in [2.45, 2.75) is 30.9 Å². The standard InChI is InChI=1S/C21H25N3O2S/c25-20-21(26-8-7-24(20)12-16-3-4-16)15-23(11-17-5-9-27-14-17)13-19(21)18-2-1-6-22-10-18/h1-2,5-6,9-10,14,16,19H,3-4,7-8,11-13,15H2/t19-,21-/m1/s1. The van der Waals surface area contributed by atoms with Crippen molar-refractivity contribution in [2.24, 2.45) is 5.92 Å². The van der Waals surface area contributed by atoms with Gasteiger partial charge in [0.25, 0.3) is 5.91 Å². The molecule has 142 valence electrons. The lowest BCUT2D eigenvalue weighted by molar-refractivity contribution is -0.172. The Morgan fingerprint density at radius 1 is 1.33 bits per heavy atom. The van der Waals surface area contributed by atoms with Crippen LogP contribution in [-0.4, -0.2) is 59.1 Å². The van der Waals surface area contributed by atoms with Crippen LogP contribution in [0.1, 0.15) is 29.9 Å². The van der Waals surface area contributed by atoms with Crippen molar-refractivity contribution in [1.29, 1.82) is 0 Å². The van der Waals surface area contributed by atoms with Crippen LogP contribution in [0.4, 0.5) is 0 Å². The zero-order valence-electron chi connectivity index (χ0n) is 15.4. The van der Waals surface area contributed by atoms with Crippen molar-refractivity contribution in [1.82, 2.24) is 14.8 Å². The first-order valence-corrected chi connectivity index (χ1v) is 10.8. The van der Waals surface area contributed by atoms with Crippen LogP contribution in [0.2, 0.25) is 0 Å². The summed E-state index contributed by atoms with van der Waals surface area (Å²) in [6.45, 7) is 4.59. The summed E-state index contributed by atoms with van der Waals surface area (Å²) in [5.74, 6) is 0.908. The smallest absolute Gasteiger partial charge is 0.256 e. The number of amides is 1. The Hall–Kier alpha value is -1.76. The molecule has 3 fully saturated rings. The van der Waals surface area contributed by atoms with Gasteiger partial charge in [-0.05, 0) is 52.8 Å². The molecule has 1 amide bonds. The normalized spacial score (nSPS) is 29.0. The van der Waals surface area contributed by atoms with Crippen LogP contribution in [-0.2, 0) is 16.1 Å². The van der Waals surface area contributed by atoms with E-state index >= 15 is 0 Å². The minimum atomic E-state index is -0.772. The van der Waals surface area contributed by atoms with E-state index in [0.29, 0.717) is 19.1 Å². The number of morpholine rings is 1. The fraction of sp³-hybridized carbons (Fsp3) is 0.524. The molecule has 2 atom stereocenters. The monoisotopic (exact) mass is 383 g/mol. The third-order valence-corrected chi connectivity index (χ3v) is 6.81. The van der Waals surface area contributed by atoms with E-state index < -0.39 is 5.60 Å². The van der Waals surface area contributed by atoms with Gasteiger partial charge in [-0.3, -0.25) is 14.7 Å². The molecule has 3 aliphatic rings. The van der Waals surface area contributed by atoms with Crippen LogP contribution in [0.15, 0.2) is 41.4 Å². The van der Waals surface area contributed by atoms with Gasteiger partial charge in [-0.1, -0.05) is 6.07 Å². The third-order valence-electron chi connectivity index (χ3n) is 6.08. The fourth-order valence-corrected chi connectivity index (χ4v) is 5.21. The van der Waals surface area contributed by atoms with Crippen molar-refractivity contribution in [2.75, 3.05) is 32.8 Å². The number of hydrogen-bond acceptors (Lipinski definition) is 5. The van der Waals surface area contributed by atoms with E-state index in [1.165, 1.54) is 18.4 Å². The first-order chi connectivity index (χ1) is 13.2. The molecule has 0 aromatic carbocycles. The maximum Gasteiger partial charge on any atom is 0.256 e. The highest BCUT2D eigenvalue weighted by Crippen LogP contribution is 2.43. The summed E-state index contributed by atoms with van der Waals surface area (Å²) in [4.78, 5) is 22.4. The molecule has 0 bridgehead atoms. The number of likely N-dealkylation sites (tertiary alicyclic amines) is 1. The minimum absolute atomic E-state index is 0.0272. The Bertz CT molecular complexity index is 793. The van der Waals surface area contributed by atoms with Crippen LogP contribution in [0.25, 0.3) is 0 Å². The molecule has 1 saturated carbocycles. The Morgan fingerprint density at radius 3 is 3.00 bits per heavy atom. The Labute approximate surface area is 164 Å². The lowest BCUT2D eigenvalue weighted by Crippen LogP contribution is -2.60. The number of carbonyl (C=O) groups is 1. The second-order valence-corrected chi connectivity index (χ2v) is 8.85. The first kappa shape index (κ1) is 17.3. The summed E-state index contributed by atoms with van der Waals surface area (Å²) >= 11 is 1.72. The summed E-state index contributed by atoms with van der Waals surface area (Å²) in [6.07, 6.45) is 6.20. The molecule has 2 aromatic rings. The summed E-state index contributed by atoms with van der Waals surface area (Å²) in [7, 11) is 0. The van der Waals surface area contributed by atoms with Crippen LogP contribution < -0.4 is 0 Å². The molecule has 1 spiro atoms. The van der Waals surface area contributed by atoms with Gasteiger partial charge in [-0.25, -0.2) is 0 Å². The number of aromatic nitrogens is 1. The van der Waals surface area contributed by atoms with Crippen LogP contribution in [0, 0.1) is 5.92 Å². The van der Waals surface area contributed by atoms with Gasteiger partial charge in [0.15, 0.2) is 5.60 Å². The van der Waals surface area contributed by atoms with E-state index in [1.54, 1.807) is 17.5 Å². The van der Waals surface area contributed by atoms with Crippen molar-refractivity contribution >= 4 is 17.2 Å². The number of carbonyl (C=O) groups excluding carboxylic acids is 1. The Kier molecular flexibility index (Phi) is 4.50. The van der Waals surface area contributed by atoms with Gasteiger partial charge < -0.3 is 9.64 Å². The second-order valence-electron chi connectivity index (χ2n) is 8.07. The van der Waals surface area contributed by atoms with E-state index in [4.69, 9.17) is 4.74 Å². The van der Waals surface area contributed by atoms with Crippen molar-refractivity contribution in [3.8, 4) is 0 Å². The van der Waals surface area contributed by atoms with Crippen molar-refractivity contribution in [3.63, 3.8) is 0 Å². The van der Waals surface area contributed by atoms with Gasteiger partial charge in [0.2, 0.25) is 0 Å². The molecule has 1 aliphatic carbocycles. The summed E-state index contributed by atoms with van der Waals surface area (Å²) in [6, 6.07) is 6.21. The maximum atomic E-state index is 13.6. The zero-order valence-corrected chi connectivity index (χ0v) is 16.2. The van der Waals surface area contributed by atoms with E-state index in [9.17, 15) is 4.79 Å². The molecule has 0 radical (unpaired) electrons. The van der Waals surface area contributed by atoms with Gasteiger partial charge in [-0.2, -0.15) is 11.3 Å². The molecule has 5 nitrogen and oxygen atoms in total. The maximum absolute atomic E-state index is 13.6. The summed E-state index contributed by atoms with van der Waals surface area (Å²) in [5, 5.41) is 4.30. The predicted octanol–water partition coefficient (Wildman–Crippen LogP) is 2.75. The van der Waals surface area contributed by atoms with Crippen molar-refractivity contribution < 1.29 is 9.53 Å². The average Bonchev–Trinajstić information content (AvgIpc) is 3.22. The highest BCUT2D eigenvalue weighted by atomic mass is 32.1. The van der Waals surface area contributed by atoms with E-state index in [0.717, 1.165) is 31.7 Å². The molecule has 4 heterocycles. The van der Waals surface area contributed by atoms with Crippen LogP contribution in [0.3, 0.4) is 0 Å². The van der Waals surface area contributed by atoms with Gasteiger partial charge >= 0.3 is 0 Å². The van der Waals surface area contributed by atoms with Gasteiger partial charge in [0, 0.05) is 51.0 Å². The van der Waals surface area contributed by atoms with Crippen LogP contribution >= 0.6 is 11.3 Å². The molecule has 0 unspecified atom stereocenters. The highest BCUT2D eigenvalue weighted by Gasteiger charge is 2.57. The number of thiophene rings is 1. The molecule has 2 aliphatic heterocycles. The molecule has 2 saturated heterocycles. The quantitative estimate of drug-likeness (QED) is 0.797. The average molecular weight is 384 g/mol.